The van der Waals surface area contributed by atoms with Gasteiger partial charge in [-0.1, -0.05) is 0 Å². The Morgan fingerprint density at radius 2 is 1.37 bits per heavy atom. The molecule has 290 valence electrons. The minimum absolute atomic E-state index is 0.0335. The maximum absolute atomic E-state index is 12.7. The van der Waals surface area contributed by atoms with Crippen LogP contribution in [-0.2, 0) is 28.7 Å². The van der Waals surface area contributed by atoms with Gasteiger partial charge in [0.15, 0.2) is 0 Å². The van der Waals surface area contributed by atoms with Gasteiger partial charge in [-0.25, -0.2) is 0 Å². The van der Waals surface area contributed by atoms with E-state index in [4.69, 9.17) is 20.9 Å². The molecule has 9 N–H and O–H groups in total. The molecule has 5 amide bonds. The summed E-state index contributed by atoms with van der Waals surface area (Å²) in [5.41, 5.74) is 0. The first-order valence-electron chi connectivity index (χ1n) is 17.1. The van der Waals surface area contributed by atoms with Crippen molar-refractivity contribution in [3.63, 3.8) is 0 Å². The molecule has 0 aromatic carbocycles. The molecule has 52 heavy (non-hydrogen) atoms. The summed E-state index contributed by atoms with van der Waals surface area (Å²) in [6.45, 7) is 5.98. The molecule has 2 aliphatic heterocycles. The summed E-state index contributed by atoms with van der Waals surface area (Å²) >= 11 is 0. The molecular weight excluding hydrogens is 678 g/mol. The van der Waals surface area contributed by atoms with Gasteiger partial charge in [-0.05, 0) is 26.7 Å². The summed E-state index contributed by atoms with van der Waals surface area (Å²) in [7, 11) is 5.62. The van der Waals surface area contributed by atoms with Gasteiger partial charge in [0.25, 0.3) is 0 Å². The van der Waals surface area contributed by atoms with Crippen molar-refractivity contribution < 1.29 is 38.7 Å². The van der Waals surface area contributed by atoms with Crippen LogP contribution >= 0.6 is 0 Å². The Morgan fingerprint density at radius 1 is 0.904 bits per heavy atom. The van der Waals surface area contributed by atoms with Gasteiger partial charge in [0, 0.05) is 46.7 Å². The smallest absolute Gasteiger partial charge is 0.413 e. The predicted octanol–water partition coefficient (Wildman–Crippen LogP) is -3.53. The van der Waals surface area contributed by atoms with Gasteiger partial charge in [-0.3, -0.25) is 20.4 Å². The van der Waals surface area contributed by atoms with E-state index in [-0.39, 0.29) is 80.0 Å². The monoisotopic (exact) mass is 734 g/mol. The zero-order valence-corrected chi connectivity index (χ0v) is 31.3. The van der Waals surface area contributed by atoms with Gasteiger partial charge in [0.1, 0.15) is 6.04 Å². The Kier molecular flexibility index (Phi) is 20.3. The molecule has 0 aliphatic carbocycles. The van der Waals surface area contributed by atoms with Crippen LogP contribution in [0.25, 0.3) is 0 Å². The quantitative estimate of drug-likeness (QED) is 0.0450. The zero-order valence-electron chi connectivity index (χ0n) is 31.3. The van der Waals surface area contributed by atoms with Crippen molar-refractivity contribution in [3.8, 4) is 0 Å². The van der Waals surface area contributed by atoms with E-state index >= 15 is 0 Å². The van der Waals surface area contributed by atoms with Crippen molar-refractivity contribution in [2.75, 3.05) is 60.8 Å². The van der Waals surface area contributed by atoms with E-state index in [0.29, 0.717) is 44.8 Å². The molecule has 2 aliphatic rings. The Hall–Kier alpha value is -4.43. The molecule has 22 heteroatoms. The first kappa shape index (κ1) is 45.6. The number of nitrogens with zero attached hydrogens (tertiary/aromatic N) is 5. The average molecular weight is 734 g/mol. The summed E-state index contributed by atoms with van der Waals surface area (Å²) in [6.07, 6.45) is 3.12. The van der Waals surface area contributed by atoms with E-state index in [1.165, 1.54) is 23.8 Å². The van der Waals surface area contributed by atoms with E-state index < -0.39 is 19.3 Å². The fourth-order valence-electron chi connectivity index (χ4n) is 5.21. The Balaban J connectivity index is 0.000000534. The van der Waals surface area contributed by atoms with Crippen LogP contribution in [0.2, 0.25) is 0 Å². The standard InChI is InChI=1S/C17H30BN7O4.C13H26BN5O4/c1-11(19)24(3)7-5-6-13-8-15(27)25(4)14(16(28)23-13)9-20-17(21-10-18-29)22-12(2)26;1-9(15)18(2)6-4-5-10-7-12(20)19(3)11(13(21)17-10)8-16-14(22)23/h13-14,19H,5-10H2,1-4H3,(H,23,28)(H2,20,21,22,26);10-11,15-16,22-23H,4-8H2,1-3H3,(H,17,21). The van der Waals surface area contributed by atoms with E-state index in [0.717, 1.165) is 12.8 Å². The largest absolute Gasteiger partial charge is 0.549 e. The zero-order chi connectivity index (χ0) is 39.5. The number of amidine groups is 2. The number of aliphatic imine (C=N–C) groups is 1. The molecule has 20 nitrogen and oxygen atoms in total. The second-order valence-corrected chi connectivity index (χ2v) is 12.9. The van der Waals surface area contributed by atoms with Crippen molar-refractivity contribution in [1.82, 2.24) is 46.1 Å². The van der Waals surface area contributed by atoms with Crippen LogP contribution in [0.15, 0.2) is 4.99 Å². The third-order valence-electron chi connectivity index (χ3n) is 8.66. The maximum Gasteiger partial charge on any atom is 0.549 e. The molecule has 0 spiro atoms. The minimum Gasteiger partial charge on any atom is -0.413 e. The summed E-state index contributed by atoms with van der Waals surface area (Å²) in [6, 6.07) is -2.13. The van der Waals surface area contributed by atoms with Gasteiger partial charge < -0.3 is 35.3 Å². The summed E-state index contributed by atoms with van der Waals surface area (Å²) in [5.74, 6) is -0.335. The second kappa shape index (κ2) is 23.2. The second-order valence-electron chi connectivity index (χ2n) is 12.9. The molecule has 4 atom stereocenters. The predicted molar refractivity (Wildman–Crippen MR) is 195 cm³/mol. The van der Waals surface area contributed by atoms with Gasteiger partial charge in [0.05, 0.1) is 11.7 Å². The van der Waals surface area contributed by atoms with E-state index in [1.54, 1.807) is 25.8 Å². The van der Waals surface area contributed by atoms with Crippen LogP contribution < -0.4 is 26.5 Å². The van der Waals surface area contributed by atoms with E-state index in [9.17, 15) is 28.7 Å². The van der Waals surface area contributed by atoms with E-state index in [2.05, 4.69) is 31.5 Å². The Bertz CT molecular complexity index is 1310. The fourth-order valence-corrected chi connectivity index (χ4v) is 5.21. The molecule has 2 fully saturated rings. The topological polar surface area (TPSA) is 276 Å². The summed E-state index contributed by atoms with van der Waals surface area (Å²) < 4.78 is 10.5. The number of nitrogens with one attached hydrogen (secondary N) is 7. The third kappa shape index (κ3) is 16.7. The molecule has 0 bridgehead atoms. The van der Waals surface area contributed by atoms with Crippen LogP contribution in [0.5, 0.6) is 0 Å². The number of likely N-dealkylation sites (N-methyl/N-ethyl adjacent to an activating group) is 2. The fraction of sp³-hybridized carbons (Fsp3) is 0.733. The molecule has 4 unspecified atom stereocenters. The van der Waals surface area contributed by atoms with Crippen LogP contribution in [0.4, 0.5) is 0 Å². The van der Waals surface area contributed by atoms with Gasteiger partial charge in [-0.15, -0.1) is 0 Å². The van der Waals surface area contributed by atoms with Crippen LogP contribution in [-0.4, -0.2) is 176 Å². The van der Waals surface area contributed by atoms with Crippen molar-refractivity contribution in [1.29, 1.82) is 10.8 Å². The maximum atomic E-state index is 12.7. The van der Waals surface area contributed by atoms with Gasteiger partial charge >= 0.3 is 148 Å². The van der Waals surface area contributed by atoms with Crippen molar-refractivity contribution in [2.45, 2.75) is 83.5 Å². The Morgan fingerprint density at radius 3 is 1.79 bits per heavy atom. The number of carbonyl (C=O) groups excluding carboxylic acids is 5. The molecule has 2 heterocycles. The summed E-state index contributed by atoms with van der Waals surface area (Å²) in [5, 5.41) is 45.9. The molecule has 0 radical (unpaired) electrons. The van der Waals surface area contributed by atoms with Crippen LogP contribution in [0.3, 0.4) is 0 Å². The van der Waals surface area contributed by atoms with Gasteiger partial charge in [0.2, 0.25) is 11.8 Å². The number of guanidine groups is 1. The molecule has 0 aromatic heterocycles. The Labute approximate surface area is 306 Å². The van der Waals surface area contributed by atoms with E-state index in [1.807, 2.05) is 19.0 Å². The number of rotatable bonds is 15. The SMILES string of the molecule is CC(=N)N(C)CCCC1CC(=O)N(C)C(CN=C(NCB=O)NC(C)=O)C(=O)N1.CC(=N)N(C)CCCC1CC(=O)N(C)C(CNB(O)O)C(=O)N1. The number of hydrogen-bond donors (Lipinski definition) is 9. The first-order chi connectivity index (χ1) is 24.4. The molecule has 0 aromatic rings. The normalized spacial score (nSPS) is 20.6. The minimum atomic E-state index is -1.73. The molecular formula is C30H56B2N12O8. The van der Waals surface area contributed by atoms with Gasteiger partial charge in [-0.2, -0.15) is 0 Å². The molecule has 2 rings (SSSR count). The molecule has 2 saturated heterocycles. The first-order valence-corrected chi connectivity index (χ1v) is 17.1. The number of amides is 5. The average Bonchev–Trinajstić information content (AvgIpc) is 3.22. The van der Waals surface area contributed by atoms with Crippen LogP contribution in [0, 0.1) is 10.8 Å². The van der Waals surface area contributed by atoms with Crippen LogP contribution in [0.1, 0.15) is 59.3 Å². The van der Waals surface area contributed by atoms with Crippen molar-refractivity contribution in [3.05, 3.63) is 0 Å². The summed E-state index contributed by atoms with van der Waals surface area (Å²) in [4.78, 5) is 71.3. The third-order valence-corrected chi connectivity index (χ3v) is 8.66. The molecule has 0 saturated carbocycles. The number of hydrogen-bond acceptors (Lipinski definition) is 12. The van der Waals surface area contributed by atoms with Crippen molar-refractivity contribution in [2.24, 2.45) is 4.99 Å². The number of carbonyl (C=O) groups is 5. The van der Waals surface area contributed by atoms with Crippen molar-refractivity contribution >= 4 is 61.6 Å².